The number of thioether (sulfide) groups is 1. The Kier molecular flexibility index (Phi) is 11.3. The summed E-state index contributed by atoms with van der Waals surface area (Å²) in [6.07, 6.45) is 3.21. The third-order valence-corrected chi connectivity index (χ3v) is 7.45. The van der Waals surface area contributed by atoms with Crippen LogP contribution in [0.3, 0.4) is 0 Å². The van der Waals surface area contributed by atoms with Gasteiger partial charge in [0.25, 0.3) is 0 Å². The SMILES string of the molecule is COc1cc2c(c(OC)c1OC)-c1ccc(N[C@H](CCSC)C(=O)NCCC(=O)O)c(=O)cc1[C@H](NC(C)=O)CC2. The van der Waals surface area contributed by atoms with Crippen LogP contribution in [0.25, 0.3) is 11.1 Å². The molecule has 3 rings (SSSR count). The van der Waals surface area contributed by atoms with Crippen LogP contribution >= 0.6 is 11.8 Å². The molecule has 2 aromatic carbocycles. The van der Waals surface area contributed by atoms with Gasteiger partial charge in [-0.15, -0.1) is 0 Å². The maximum Gasteiger partial charge on any atom is 0.305 e. The molecule has 0 heterocycles. The van der Waals surface area contributed by atoms with Gasteiger partial charge in [-0.3, -0.25) is 19.2 Å². The normalized spacial score (nSPS) is 14.4. The highest BCUT2D eigenvalue weighted by Crippen LogP contribution is 2.50. The minimum absolute atomic E-state index is 0.0209. The molecular formula is C29H37N3O8S. The molecule has 0 saturated heterocycles. The molecule has 0 radical (unpaired) electrons. The van der Waals surface area contributed by atoms with Gasteiger partial charge < -0.3 is 35.3 Å². The van der Waals surface area contributed by atoms with Crippen LogP contribution in [-0.2, 0) is 20.8 Å². The maximum absolute atomic E-state index is 13.6. The van der Waals surface area contributed by atoms with Gasteiger partial charge in [-0.25, -0.2) is 0 Å². The standard InChI is InChI=1S/C29H37N3O8S/c1-16(33)31-20-8-6-17-14-24(38-2)27(39-3)28(40-4)26(17)18-7-9-21(23(34)15-19(18)20)32-22(11-13-41-5)29(37)30-12-10-25(35)36/h7,9,14-15,20,22H,6,8,10-13H2,1-5H3,(H,30,37)(H,31,33)(H,32,34)(H,35,36)/t20-,22-/m1/s1. The number of rotatable bonds is 13. The first-order valence-corrected chi connectivity index (χ1v) is 14.6. The Labute approximate surface area is 243 Å². The molecule has 0 aromatic heterocycles. The van der Waals surface area contributed by atoms with Crippen LogP contribution in [0.4, 0.5) is 5.69 Å². The summed E-state index contributed by atoms with van der Waals surface area (Å²) in [7, 11) is 4.59. The third-order valence-electron chi connectivity index (χ3n) is 6.81. The van der Waals surface area contributed by atoms with Crippen molar-refractivity contribution in [2.45, 2.75) is 44.7 Å². The van der Waals surface area contributed by atoms with Crippen molar-refractivity contribution in [1.82, 2.24) is 10.6 Å². The highest BCUT2D eigenvalue weighted by molar-refractivity contribution is 7.98. The van der Waals surface area contributed by atoms with Gasteiger partial charge in [-0.2, -0.15) is 11.8 Å². The first kappa shape index (κ1) is 31.6. The van der Waals surface area contributed by atoms with Gasteiger partial charge in [0, 0.05) is 19.0 Å². The second-order valence-electron chi connectivity index (χ2n) is 9.51. The number of fused-ring (bicyclic) bond motifs is 3. The van der Waals surface area contributed by atoms with Crippen LogP contribution in [0.2, 0.25) is 0 Å². The van der Waals surface area contributed by atoms with E-state index in [9.17, 15) is 19.2 Å². The number of hydrogen-bond donors (Lipinski definition) is 4. The zero-order chi connectivity index (χ0) is 30.1. The molecule has 0 bridgehead atoms. The topological polar surface area (TPSA) is 152 Å². The second-order valence-corrected chi connectivity index (χ2v) is 10.5. The predicted molar refractivity (Wildman–Crippen MR) is 158 cm³/mol. The summed E-state index contributed by atoms with van der Waals surface area (Å²) in [4.78, 5) is 49.5. The van der Waals surface area contributed by atoms with Gasteiger partial charge in [-0.05, 0) is 66.2 Å². The van der Waals surface area contributed by atoms with E-state index in [4.69, 9.17) is 19.3 Å². The van der Waals surface area contributed by atoms with E-state index in [1.165, 1.54) is 27.2 Å². The van der Waals surface area contributed by atoms with Crippen molar-refractivity contribution in [2.24, 2.45) is 0 Å². The number of carboxylic acid groups (broad SMARTS) is 1. The van der Waals surface area contributed by atoms with E-state index in [0.717, 1.165) is 11.1 Å². The Hall–Kier alpha value is -3.93. The lowest BCUT2D eigenvalue weighted by molar-refractivity contribution is -0.137. The molecule has 0 unspecified atom stereocenters. The van der Waals surface area contributed by atoms with Crippen molar-refractivity contribution in [3.05, 3.63) is 45.6 Å². The number of hydrogen-bond acceptors (Lipinski definition) is 9. The summed E-state index contributed by atoms with van der Waals surface area (Å²) in [6.45, 7) is 1.41. The lowest BCUT2D eigenvalue weighted by atomic mass is 9.95. The predicted octanol–water partition coefficient (Wildman–Crippen LogP) is 2.99. The molecule has 11 nitrogen and oxygen atoms in total. The number of ether oxygens (including phenoxy) is 3. The molecule has 0 spiro atoms. The smallest absolute Gasteiger partial charge is 0.305 e. The summed E-state index contributed by atoms with van der Waals surface area (Å²) < 4.78 is 17.0. The van der Waals surface area contributed by atoms with E-state index in [2.05, 4.69) is 16.0 Å². The van der Waals surface area contributed by atoms with Gasteiger partial charge in [0.1, 0.15) is 6.04 Å². The molecule has 2 amide bonds. The van der Waals surface area contributed by atoms with E-state index in [1.807, 2.05) is 12.3 Å². The summed E-state index contributed by atoms with van der Waals surface area (Å²) in [5, 5.41) is 17.6. The highest BCUT2D eigenvalue weighted by atomic mass is 32.2. The lowest BCUT2D eigenvalue weighted by Crippen LogP contribution is -2.41. The van der Waals surface area contributed by atoms with Crippen LogP contribution < -0.4 is 35.6 Å². The number of amides is 2. The first-order chi connectivity index (χ1) is 19.6. The molecule has 4 N–H and O–H groups in total. The number of anilines is 1. The third kappa shape index (κ3) is 7.63. The second kappa shape index (κ2) is 14.6. The van der Waals surface area contributed by atoms with Crippen LogP contribution in [0.15, 0.2) is 29.1 Å². The monoisotopic (exact) mass is 587 g/mol. The van der Waals surface area contributed by atoms with Crippen LogP contribution in [0.5, 0.6) is 17.2 Å². The molecule has 12 heteroatoms. The molecule has 41 heavy (non-hydrogen) atoms. The van der Waals surface area contributed by atoms with Crippen molar-refractivity contribution in [2.75, 3.05) is 45.2 Å². The van der Waals surface area contributed by atoms with E-state index in [-0.39, 0.29) is 30.0 Å². The zero-order valence-electron chi connectivity index (χ0n) is 23.9. The molecule has 2 atom stereocenters. The van der Waals surface area contributed by atoms with Crippen molar-refractivity contribution in [3.8, 4) is 28.4 Å². The minimum atomic E-state index is -1.02. The number of benzene rings is 1. The molecule has 2 aromatic rings. The average molecular weight is 588 g/mol. The van der Waals surface area contributed by atoms with Gasteiger partial charge in [0.05, 0.1) is 39.5 Å². The van der Waals surface area contributed by atoms with Gasteiger partial charge in [0.2, 0.25) is 23.0 Å². The van der Waals surface area contributed by atoms with E-state index in [0.29, 0.717) is 53.4 Å². The fourth-order valence-corrected chi connectivity index (χ4v) is 5.41. The van der Waals surface area contributed by atoms with Crippen molar-refractivity contribution in [3.63, 3.8) is 0 Å². The van der Waals surface area contributed by atoms with E-state index in [1.54, 1.807) is 31.0 Å². The van der Waals surface area contributed by atoms with Crippen molar-refractivity contribution < 1.29 is 33.7 Å². The molecule has 0 fully saturated rings. The summed E-state index contributed by atoms with van der Waals surface area (Å²) in [5.74, 6) is 0.339. The van der Waals surface area contributed by atoms with Crippen LogP contribution in [-0.4, -0.2) is 68.8 Å². The summed E-state index contributed by atoms with van der Waals surface area (Å²) in [6, 6.07) is 5.53. The Bertz CT molecular complexity index is 1350. The molecule has 1 aliphatic rings. The number of aliphatic carboxylic acids is 1. The molecule has 0 aliphatic heterocycles. The lowest BCUT2D eigenvalue weighted by Gasteiger charge is -2.19. The van der Waals surface area contributed by atoms with Crippen LogP contribution in [0, 0.1) is 0 Å². The first-order valence-electron chi connectivity index (χ1n) is 13.2. The number of carboxylic acids is 1. The Morgan fingerprint density at radius 2 is 1.83 bits per heavy atom. The Morgan fingerprint density at radius 1 is 1.10 bits per heavy atom. The average Bonchev–Trinajstić information content (AvgIpc) is 3.18. The quantitative estimate of drug-likeness (QED) is 0.275. The van der Waals surface area contributed by atoms with Gasteiger partial charge in [-0.1, -0.05) is 6.07 Å². The number of carbonyl (C=O) groups is 3. The molecule has 1 aliphatic carbocycles. The summed E-state index contributed by atoms with van der Waals surface area (Å²) in [5.41, 5.74) is 2.73. The maximum atomic E-state index is 13.6. The highest BCUT2D eigenvalue weighted by Gasteiger charge is 2.30. The zero-order valence-corrected chi connectivity index (χ0v) is 24.7. The number of aryl methyl sites for hydroxylation is 1. The number of nitrogens with one attached hydrogen (secondary N) is 3. The van der Waals surface area contributed by atoms with Gasteiger partial charge in [0.15, 0.2) is 11.5 Å². The number of methoxy groups -OCH3 is 3. The van der Waals surface area contributed by atoms with Crippen molar-refractivity contribution >= 4 is 35.2 Å². The van der Waals surface area contributed by atoms with Crippen LogP contribution in [0.1, 0.15) is 43.4 Å². The largest absolute Gasteiger partial charge is 0.493 e. The minimum Gasteiger partial charge on any atom is -0.493 e. The fourth-order valence-electron chi connectivity index (χ4n) is 4.93. The molecular weight excluding hydrogens is 550 g/mol. The van der Waals surface area contributed by atoms with E-state index < -0.39 is 24.0 Å². The fraction of sp³-hybridized carbons (Fsp3) is 0.448. The van der Waals surface area contributed by atoms with Gasteiger partial charge >= 0.3 is 5.97 Å². The van der Waals surface area contributed by atoms with Crippen molar-refractivity contribution in [1.29, 1.82) is 0 Å². The molecule has 222 valence electrons. The number of carbonyl (C=O) groups excluding carboxylic acids is 2. The summed E-state index contributed by atoms with van der Waals surface area (Å²) >= 11 is 1.55. The molecule has 0 saturated carbocycles. The van der Waals surface area contributed by atoms with E-state index >= 15 is 0 Å². The Balaban J connectivity index is 2.17. The Morgan fingerprint density at radius 3 is 2.44 bits per heavy atom.